The van der Waals surface area contributed by atoms with Gasteiger partial charge in [-0.15, -0.1) is 0 Å². The van der Waals surface area contributed by atoms with Crippen molar-refractivity contribution < 1.29 is 25.2 Å². The van der Waals surface area contributed by atoms with Crippen LogP contribution in [0.4, 0.5) is 0 Å². The largest absolute Gasteiger partial charge is 0.388 e. The molecule has 5 heteroatoms. The second kappa shape index (κ2) is 4.12. The van der Waals surface area contributed by atoms with Crippen LogP contribution in [-0.4, -0.2) is 51.1 Å². The van der Waals surface area contributed by atoms with Crippen molar-refractivity contribution in [2.45, 2.75) is 44.4 Å². The summed E-state index contributed by atoms with van der Waals surface area (Å²) < 4.78 is 4.97. The summed E-state index contributed by atoms with van der Waals surface area (Å²) in [5.41, 5.74) is 0. The van der Waals surface area contributed by atoms with E-state index in [-0.39, 0.29) is 18.9 Å². The van der Waals surface area contributed by atoms with E-state index in [9.17, 15) is 15.3 Å². The molecule has 1 aliphatic heterocycles. The second-order valence-corrected chi connectivity index (χ2v) is 4.26. The Kier molecular flexibility index (Phi) is 3.49. The highest BCUT2D eigenvalue weighted by molar-refractivity contribution is 4.91. The van der Waals surface area contributed by atoms with E-state index in [1.807, 2.05) is 13.8 Å². The molecule has 0 radical (unpaired) electrons. The molecule has 0 saturated carbocycles. The standard InChI is InChI=1S/C9H18O5/c1-5(2)3-9(13)8(12)7(11)6(10)4-14-9/h5-8,10-13H,3-4H2,1-2H3. The van der Waals surface area contributed by atoms with Gasteiger partial charge in [0.1, 0.15) is 18.3 Å². The van der Waals surface area contributed by atoms with Crippen molar-refractivity contribution in [3.8, 4) is 0 Å². The van der Waals surface area contributed by atoms with E-state index in [4.69, 9.17) is 9.84 Å². The zero-order valence-electron chi connectivity index (χ0n) is 8.42. The van der Waals surface area contributed by atoms with E-state index in [1.54, 1.807) is 0 Å². The lowest BCUT2D eigenvalue weighted by Gasteiger charge is -2.42. The third kappa shape index (κ3) is 2.24. The molecule has 5 nitrogen and oxygen atoms in total. The van der Waals surface area contributed by atoms with E-state index in [2.05, 4.69) is 0 Å². The lowest BCUT2D eigenvalue weighted by Crippen LogP contribution is -2.61. The number of aliphatic hydroxyl groups is 4. The van der Waals surface area contributed by atoms with Gasteiger partial charge in [0.05, 0.1) is 6.61 Å². The minimum Gasteiger partial charge on any atom is -0.388 e. The molecule has 1 rings (SSSR count). The highest BCUT2D eigenvalue weighted by Gasteiger charge is 2.48. The van der Waals surface area contributed by atoms with E-state index in [0.717, 1.165) is 0 Å². The monoisotopic (exact) mass is 206 g/mol. The predicted molar refractivity (Wildman–Crippen MR) is 48.4 cm³/mol. The second-order valence-electron chi connectivity index (χ2n) is 4.26. The van der Waals surface area contributed by atoms with Gasteiger partial charge in [0, 0.05) is 6.42 Å². The fourth-order valence-electron chi connectivity index (χ4n) is 1.66. The van der Waals surface area contributed by atoms with Crippen molar-refractivity contribution in [2.24, 2.45) is 5.92 Å². The van der Waals surface area contributed by atoms with Gasteiger partial charge < -0.3 is 25.2 Å². The molecular weight excluding hydrogens is 188 g/mol. The van der Waals surface area contributed by atoms with Crippen LogP contribution in [0, 0.1) is 5.92 Å². The Morgan fingerprint density at radius 2 is 1.93 bits per heavy atom. The first-order valence-corrected chi connectivity index (χ1v) is 4.77. The van der Waals surface area contributed by atoms with Crippen molar-refractivity contribution in [1.82, 2.24) is 0 Å². The molecule has 4 atom stereocenters. The van der Waals surface area contributed by atoms with E-state index in [1.165, 1.54) is 0 Å². The van der Waals surface area contributed by atoms with Crippen molar-refractivity contribution in [3.63, 3.8) is 0 Å². The predicted octanol–water partition coefficient (Wildman–Crippen LogP) is -1.17. The number of ether oxygens (including phenoxy) is 1. The van der Waals surface area contributed by atoms with Gasteiger partial charge >= 0.3 is 0 Å². The maximum atomic E-state index is 9.86. The SMILES string of the molecule is CC(C)CC1(O)OCC(O)C(O)C1O. The third-order valence-corrected chi connectivity index (χ3v) is 2.38. The van der Waals surface area contributed by atoms with Gasteiger partial charge in [-0.25, -0.2) is 0 Å². The lowest BCUT2D eigenvalue weighted by molar-refractivity contribution is -0.326. The normalized spacial score (nSPS) is 44.4. The van der Waals surface area contributed by atoms with E-state index in [0.29, 0.717) is 0 Å². The molecule has 4 N–H and O–H groups in total. The molecule has 14 heavy (non-hydrogen) atoms. The summed E-state index contributed by atoms with van der Waals surface area (Å²) >= 11 is 0. The Hall–Kier alpha value is -0.200. The Morgan fingerprint density at radius 1 is 1.36 bits per heavy atom. The van der Waals surface area contributed by atoms with Gasteiger partial charge in [0.2, 0.25) is 0 Å². The molecule has 1 aliphatic rings. The zero-order valence-corrected chi connectivity index (χ0v) is 8.42. The van der Waals surface area contributed by atoms with Crippen molar-refractivity contribution >= 4 is 0 Å². The van der Waals surface area contributed by atoms with Crippen LogP contribution >= 0.6 is 0 Å². The third-order valence-electron chi connectivity index (χ3n) is 2.38. The van der Waals surface area contributed by atoms with Crippen LogP contribution in [0.2, 0.25) is 0 Å². The minimum atomic E-state index is -1.74. The first-order chi connectivity index (χ1) is 6.37. The molecule has 0 bridgehead atoms. The quantitative estimate of drug-likeness (QED) is 0.457. The van der Waals surface area contributed by atoms with Gasteiger partial charge in [0.25, 0.3) is 0 Å². The van der Waals surface area contributed by atoms with Crippen LogP contribution in [0.1, 0.15) is 20.3 Å². The molecule has 0 spiro atoms. The highest BCUT2D eigenvalue weighted by Crippen LogP contribution is 2.29. The molecule has 0 aromatic rings. The number of aliphatic hydroxyl groups excluding tert-OH is 3. The summed E-state index contributed by atoms with van der Waals surface area (Å²) in [4.78, 5) is 0. The van der Waals surface area contributed by atoms with E-state index < -0.39 is 24.1 Å². The number of hydrogen-bond donors (Lipinski definition) is 4. The van der Waals surface area contributed by atoms with Gasteiger partial charge in [-0.05, 0) is 5.92 Å². The van der Waals surface area contributed by atoms with Crippen LogP contribution in [0.25, 0.3) is 0 Å². The summed E-state index contributed by atoms with van der Waals surface area (Å²) in [5, 5.41) is 37.9. The molecule has 84 valence electrons. The molecular formula is C9H18O5. The molecule has 0 aliphatic carbocycles. The Bertz CT molecular complexity index is 196. The fraction of sp³-hybridized carbons (Fsp3) is 1.00. The van der Waals surface area contributed by atoms with Crippen molar-refractivity contribution in [2.75, 3.05) is 6.61 Å². The van der Waals surface area contributed by atoms with Gasteiger partial charge in [0.15, 0.2) is 5.79 Å². The zero-order chi connectivity index (χ0) is 10.9. The number of hydrogen-bond acceptors (Lipinski definition) is 5. The van der Waals surface area contributed by atoms with Crippen LogP contribution in [0.5, 0.6) is 0 Å². The molecule has 1 fully saturated rings. The van der Waals surface area contributed by atoms with Gasteiger partial charge in [-0.1, -0.05) is 13.8 Å². The molecule has 4 unspecified atom stereocenters. The average Bonchev–Trinajstić information content (AvgIpc) is 2.08. The van der Waals surface area contributed by atoms with Crippen LogP contribution < -0.4 is 0 Å². The molecule has 0 aromatic carbocycles. The average molecular weight is 206 g/mol. The van der Waals surface area contributed by atoms with Crippen molar-refractivity contribution in [3.05, 3.63) is 0 Å². The van der Waals surface area contributed by atoms with Gasteiger partial charge in [-0.2, -0.15) is 0 Å². The first kappa shape index (κ1) is 11.9. The Morgan fingerprint density at radius 3 is 2.43 bits per heavy atom. The summed E-state index contributed by atoms with van der Waals surface area (Å²) in [6, 6.07) is 0. The minimum absolute atomic E-state index is 0.122. The summed E-state index contributed by atoms with van der Waals surface area (Å²) in [7, 11) is 0. The van der Waals surface area contributed by atoms with Gasteiger partial charge in [-0.3, -0.25) is 0 Å². The first-order valence-electron chi connectivity index (χ1n) is 4.77. The Labute approximate surface area is 82.9 Å². The smallest absolute Gasteiger partial charge is 0.194 e. The maximum Gasteiger partial charge on any atom is 0.194 e. The lowest BCUT2D eigenvalue weighted by atomic mass is 9.90. The molecule has 0 amide bonds. The van der Waals surface area contributed by atoms with Crippen LogP contribution in [0.15, 0.2) is 0 Å². The number of rotatable bonds is 2. The van der Waals surface area contributed by atoms with E-state index >= 15 is 0 Å². The summed E-state index contributed by atoms with van der Waals surface area (Å²) in [6.45, 7) is 3.57. The fourth-order valence-corrected chi connectivity index (χ4v) is 1.66. The van der Waals surface area contributed by atoms with Crippen LogP contribution in [0.3, 0.4) is 0 Å². The maximum absolute atomic E-state index is 9.86. The summed E-state index contributed by atoms with van der Waals surface area (Å²) in [6.07, 6.45) is -3.74. The molecule has 1 saturated heterocycles. The molecule has 1 heterocycles. The Balaban J connectivity index is 2.69. The topological polar surface area (TPSA) is 90.2 Å². The summed E-state index contributed by atoms with van der Waals surface area (Å²) in [5.74, 6) is -1.62. The molecule has 0 aromatic heterocycles. The highest BCUT2D eigenvalue weighted by atomic mass is 16.6. The van der Waals surface area contributed by atoms with Crippen molar-refractivity contribution in [1.29, 1.82) is 0 Å². The van der Waals surface area contributed by atoms with Crippen LogP contribution in [-0.2, 0) is 4.74 Å².